The van der Waals surface area contributed by atoms with Crippen molar-refractivity contribution in [3.05, 3.63) is 71.3 Å². The molecule has 3 heterocycles. The lowest BCUT2D eigenvalue weighted by molar-refractivity contribution is -0.137. The number of piperazine rings is 1. The molecule has 1 amide bonds. The molecular formula is C25H28ClN5O. The Morgan fingerprint density at radius 3 is 2.22 bits per heavy atom. The minimum absolute atomic E-state index is 0.267. The van der Waals surface area contributed by atoms with Crippen LogP contribution in [0.25, 0.3) is 5.82 Å². The fourth-order valence-corrected chi connectivity index (χ4v) is 5.26. The molecule has 2 aliphatic rings. The molecule has 6 nitrogen and oxygen atoms in total. The highest BCUT2D eigenvalue weighted by Gasteiger charge is 2.45. The molecule has 0 N–H and O–H groups in total. The van der Waals surface area contributed by atoms with Crippen molar-refractivity contribution in [3.8, 4) is 5.82 Å². The first-order valence-electron chi connectivity index (χ1n) is 11.3. The summed E-state index contributed by atoms with van der Waals surface area (Å²) in [6, 6.07) is 13.9. The fourth-order valence-electron chi connectivity index (χ4n) is 5.13. The van der Waals surface area contributed by atoms with Gasteiger partial charge in [0.15, 0.2) is 0 Å². The number of aryl methyl sites for hydroxylation is 1. The van der Waals surface area contributed by atoms with Crippen molar-refractivity contribution in [3.63, 3.8) is 0 Å². The van der Waals surface area contributed by atoms with Crippen LogP contribution in [0.15, 0.2) is 54.9 Å². The van der Waals surface area contributed by atoms with Gasteiger partial charge in [-0.2, -0.15) is 0 Å². The molecule has 2 fully saturated rings. The summed E-state index contributed by atoms with van der Waals surface area (Å²) in [4.78, 5) is 27.3. The minimum Gasteiger partial charge on any atom is -0.353 e. The molecule has 1 saturated carbocycles. The molecule has 1 aliphatic carbocycles. The number of hydrogen-bond acceptors (Lipinski definition) is 4. The molecule has 3 aromatic rings. The molecule has 0 atom stereocenters. The maximum absolute atomic E-state index is 13.8. The Hall–Kier alpha value is -2.86. The number of carbonyl (C=O) groups is 1. The van der Waals surface area contributed by atoms with E-state index >= 15 is 0 Å². The summed E-state index contributed by atoms with van der Waals surface area (Å²) in [6.45, 7) is 4.87. The van der Waals surface area contributed by atoms with Gasteiger partial charge in [0.1, 0.15) is 17.5 Å². The number of halogens is 1. The van der Waals surface area contributed by atoms with Crippen LogP contribution in [0.3, 0.4) is 0 Å². The van der Waals surface area contributed by atoms with Gasteiger partial charge in [0.25, 0.3) is 0 Å². The number of carbonyl (C=O) groups excluding carboxylic acids is 1. The zero-order chi connectivity index (χ0) is 22.1. The number of aromatic nitrogens is 3. The number of nitrogens with zero attached hydrogens (tertiary/aromatic N) is 5. The van der Waals surface area contributed by atoms with E-state index in [1.807, 2.05) is 66.3 Å². The average Bonchev–Trinajstić information content (AvgIpc) is 3.52. The Balaban J connectivity index is 1.32. The van der Waals surface area contributed by atoms with Gasteiger partial charge >= 0.3 is 0 Å². The van der Waals surface area contributed by atoms with Crippen LogP contribution in [0.4, 0.5) is 5.82 Å². The van der Waals surface area contributed by atoms with Crippen molar-refractivity contribution in [1.29, 1.82) is 0 Å². The van der Waals surface area contributed by atoms with Crippen LogP contribution in [-0.2, 0) is 10.2 Å². The predicted octanol–water partition coefficient (Wildman–Crippen LogP) is 4.39. The first-order valence-corrected chi connectivity index (χ1v) is 11.7. The maximum Gasteiger partial charge on any atom is 0.233 e. The minimum atomic E-state index is -0.403. The van der Waals surface area contributed by atoms with E-state index in [1.165, 1.54) is 0 Å². The van der Waals surface area contributed by atoms with Crippen molar-refractivity contribution in [2.24, 2.45) is 0 Å². The summed E-state index contributed by atoms with van der Waals surface area (Å²) < 4.78 is 1.99. The number of amides is 1. The van der Waals surface area contributed by atoms with Crippen LogP contribution >= 0.6 is 11.6 Å². The second-order valence-corrected chi connectivity index (χ2v) is 9.23. The van der Waals surface area contributed by atoms with Gasteiger partial charge in [-0.3, -0.25) is 4.79 Å². The lowest BCUT2D eigenvalue weighted by Gasteiger charge is -2.40. The largest absolute Gasteiger partial charge is 0.353 e. The molecule has 32 heavy (non-hydrogen) atoms. The first kappa shape index (κ1) is 21.0. The SMILES string of the molecule is Cc1nc(N2CCN(C(=O)C3(c4ccc(Cl)cc4)CCCC3)CC2)cc(-n2cccc2)n1. The summed E-state index contributed by atoms with van der Waals surface area (Å²) in [7, 11) is 0. The molecule has 0 unspecified atom stereocenters. The van der Waals surface area contributed by atoms with Crippen LogP contribution in [0.5, 0.6) is 0 Å². The van der Waals surface area contributed by atoms with E-state index in [9.17, 15) is 4.79 Å². The van der Waals surface area contributed by atoms with Gasteiger partial charge in [0, 0.05) is 49.7 Å². The third-order valence-electron chi connectivity index (χ3n) is 6.83. The molecule has 2 aromatic heterocycles. The summed E-state index contributed by atoms with van der Waals surface area (Å²) in [5.74, 6) is 2.80. The Morgan fingerprint density at radius 1 is 0.938 bits per heavy atom. The molecule has 0 spiro atoms. The van der Waals surface area contributed by atoms with Crippen LogP contribution in [0.1, 0.15) is 37.1 Å². The van der Waals surface area contributed by atoms with Gasteiger partial charge in [-0.05, 0) is 49.6 Å². The van der Waals surface area contributed by atoms with Crippen molar-refractivity contribution in [2.45, 2.75) is 38.0 Å². The van der Waals surface area contributed by atoms with Gasteiger partial charge in [0.2, 0.25) is 5.91 Å². The number of anilines is 1. The molecular weight excluding hydrogens is 422 g/mol. The number of benzene rings is 1. The third kappa shape index (κ3) is 3.88. The molecule has 166 valence electrons. The summed E-state index contributed by atoms with van der Waals surface area (Å²) in [5.41, 5.74) is 0.703. The highest BCUT2D eigenvalue weighted by molar-refractivity contribution is 6.30. The Labute approximate surface area is 193 Å². The van der Waals surface area contributed by atoms with Gasteiger partial charge in [-0.25, -0.2) is 9.97 Å². The van der Waals surface area contributed by atoms with Crippen LogP contribution in [0.2, 0.25) is 5.02 Å². The van der Waals surface area contributed by atoms with E-state index < -0.39 is 5.41 Å². The Kier molecular flexibility index (Phi) is 5.64. The predicted molar refractivity (Wildman–Crippen MR) is 126 cm³/mol. The zero-order valence-corrected chi connectivity index (χ0v) is 19.1. The van der Waals surface area contributed by atoms with Crippen LogP contribution in [-0.4, -0.2) is 51.5 Å². The molecule has 1 saturated heterocycles. The lowest BCUT2D eigenvalue weighted by Crippen LogP contribution is -2.54. The highest BCUT2D eigenvalue weighted by atomic mass is 35.5. The normalized spacial score (nSPS) is 18.2. The first-order chi connectivity index (χ1) is 15.5. The van der Waals surface area contributed by atoms with Crippen molar-refractivity contribution < 1.29 is 4.79 Å². The summed E-state index contributed by atoms with van der Waals surface area (Å²) in [6.07, 6.45) is 7.99. The van der Waals surface area contributed by atoms with E-state index in [2.05, 4.69) is 19.8 Å². The topological polar surface area (TPSA) is 54.3 Å². The van der Waals surface area contributed by atoms with Crippen LogP contribution < -0.4 is 4.90 Å². The van der Waals surface area contributed by atoms with E-state index in [4.69, 9.17) is 11.6 Å². The molecule has 5 rings (SSSR count). The van der Waals surface area contributed by atoms with Gasteiger partial charge in [-0.1, -0.05) is 36.6 Å². The van der Waals surface area contributed by atoms with E-state index in [1.54, 1.807) is 0 Å². The van der Waals surface area contributed by atoms with Gasteiger partial charge in [0.05, 0.1) is 5.41 Å². The lowest BCUT2D eigenvalue weighted by atomic mass is 9.77. The van der Waals surface area contributed by atoms with E-state index in [-0.39, 0.29) is 5.91 Å². The van der Waals surface area contributed by atoms with E-state index in [0.717, 1.165) is 61.8 Å². The fraction of sp³-hybridized carbons (Fsp3) is 0.400. The second-order valence-electron chi connectivity index (χ2n) is 8.80. The molecule has 0 bridgehead atoms. The van der Waals surface area contributed by atoms with Crippen molar-refractivity contribution >= 4 is 23.3 Å². The zero-order valence-electron chi connectivity index (χ0n) is 18.4. The average molecular weight is 450 g/mol. The molecule has 1 aliphatic heterocycles. The number of hydrogen-bond donors (Lipinski definition) is 0. The smallest absolute Gasteiger partial charge is 0.233 e. The van der Waals surface area contributed by atoms with E-state index in [0.29, 0.717) is 18.1 Å². The van der Waals surface area contributed by atoms with Gasteiger partial charge in [-0.15, -0.1) is 0 Å². The monoisotopic (exact) mass is 449 g/mol. The standard InChI is InChI=1S/C25H28ClN5O/c1-19-27-22(29-12-4-5-13-29)18-23(28-19)30-14-16-31(17-15-30)24(32)25(10-2-3-11-25)20-6-8-21(26)9-7-20/h4-9,12-13,18H,2-3,10-11,14-17H2,1H3. The third-order valence-corrected chi connectivity index (χ3v) is 7.09. The van der Waals surface area contributed by atoms with Crippen molar-refractivity contribution in [2.75, 3.05) is 31.1 Å². The molecule has 1 aromatic carbocycles. The highest BCUT2D eigenvalue weighted by Crippen LogP contribution is 2.43. The van der Waals surface area contributed by atoms with Gasteiger partial charge < -0.3 is 14.4 Å². The quantitative estimate of drug-likeness (QED) is 0.592. The number of rotatable bonds is 4. The maximum atomic E-state index is 13.8. The van der Waals surface area contributed by atoms with Crippen molar-refractivity contribution in [1.82, 2.24) is 19.4 Å². The second kappa shape index (κ2) is 8.58. The summed E-state index contributed by atoms with van der Waals surface area (Å²) >= 11 is 6.11. The Bertz CT molecular complexity index is 1080. The molecule has 7 heteroatoms. The summed E-state index contributed by atoms with van der Waals surface area (Å²) in [5, 5.41) is 0.711. The van der Waals surface area contributed by atoms with Crippen LogP contribution in [0, 0.1) is 6.92 Å². The Morgan fingerprint density at radius 2 is 1.56 bits per heavy atom. The molecule has 0 radical (unpaired) electrons.